The molecule has 12 nitrogen and oxygen atoms in total. The molecule has 262 valence electrons. The number of hydrogen-bond donors (Lipinski definition) is 5. The van der Waals surface area contributed by atoms with E-state index in [1.54, 1.807) is 13.8 Å². The fourth-order valence-electron chi connectivity index (χ4n) is 5.39. The normalized spacial score (nSPS) is 13.5. The highest BCUT2D eigenvalue weighted by Crippen LogP contribution is 2.21. The Balaban J connectivity index is 2.16. The first-order valence-corrected chi connectivity index (χ1v) is 16.5. The standard InChI is InChI=1S/C36H52N6O6/c1-23(2)18-28(34(46)42-32(24(3)4)31(44)20-27(33(37)45)19-25-12-7-5-8-13-25)21-30(43)29(16-11-17-40-35(38)39)41-36(47)48-22-26-14-9-6-10-15-26/h5-10,12-15,23-24,27-29,32H,11,16-22H2,1-4H3,(H2,37,45)(H,41,47)(H,42,46)(H4,38,39,40). The van der Waals surface area contributed by atoms with Crippen LogP contribution in [0.1, 0.15) is 70.9 Å². The number of ether oxygens (including phenoxy) is 1. The van der Waals surface area contributed by atoms with E-state index in [-0.39, 0.29) is 61.8 Å². The van der Waals surface area contributed by atoms with E-state index in [4.69, 9.17) is 21.9 Å². The summed E-state index contributed by atoms with van der Waals surface area (Å²) in [5.41, 5.74) is 18.2. The zero-order valence-electron chi connectivity index (χ0n) is 28.5. The lowest BCUT2D eigenvalue weighted by atomic mass is 9.86. The van der Waals surface area contributed by atoms with E-state index < -0.39 is 41.8 Å². The molecule has 0 heterocycles. The Morgan fingerprint density at radius 2 is 1.35 bits per heavy atom. The van der Waals surface area contributed by atoms with Crippen LogP contribution in [0.15, 0.2) is 65.7 Å². The lowest BCUT2D eigenvalue weighted by Crippen LogP contribution is -2.49. The highest BCUT2D eigenvalue weighted by molar-refractivity contribution is 5.95. The van der Waals surface area contributed by atoms with Crippen LogP contribution in [0.25, 0.3) is 0 Å². The van der Waals surface area contributed by atoms with Gasteiger partial charge in [0.15, 0.2) is 17.5 Å². The van der Waals surface area contributed by atoms with Gasteiger partial charge in [-0.05, 0) is 48.6 Å². The molecule has 0 fully saturated rings. The molecule has 0 spiro atoms. The molecule has 0 aliphatic carbocycles. The number of amides is 3. The summed E-state index contributed by atoms with van der Waals surface area (Å²) in [4.78, 5) is 69.8. The molecular weight excluding hydrogens is 612 g/mol. The molecule has 0 aromatic heterocycles. The van der Waals surface area contributed by atoms with Crippen molar-refractivity contribution in [2.75, 3.05) is 6.54 Å². The number of ketones is 2. The van der Waals surface area contributed by atoms with Gasteiger partial charge in [0.2, 0.25) is 11.8 Å². The third-order valence-electron chi connectivity index (χ3n) is 7.90. The summed E-state index contributed by atoms with van der Waals surface area (Å²) in [7, 11) is 0. The first-order valence-electron chi connectivity index (χ1n) is 16.5. The summed E-state index contributed by atoms with van der Waals surface area (Å²) in [6.45, 7) is 7.74. The van der Waals surface area contributed by atoms with Crippen LogP contribution in [0.2, 0.25) is 0 Å². The zero-order chi connectivity index (χ0) is 35.6. The third kappa shape index (κ3) is 14.8. The van der Waals surface area contributed by atoms with Crippen molar-refractivity contribution in [1.29, 1.82) is 0 Å². The van der Waals surface area contributed by atoms with Gasteiger partial charge in [-0.3, -0.25) is 24.2 Å². The summed E-state index contributed by atoms with van der Waals surface area (Å²) >= 11 is 0. The monoisotopic (exact) mass is 664 g/mol. The van der Waals surface area contributed by atoms with Crippen molar-refractivity contribution in [2.24, 2.45) is 45.9 Å². The summed E-state index contributed by atoms with van der Waals surface area (Å²) in [6.07, 6.45) is 0.205. The van der Waals surface area contributed by atoms with E-state index >= 15 is 0 Å². The average Bonchev–Trinajstić information content (AvgIpc) is 3.03. The number of carbonyl (C=O) groups excluding carboxylic acids is 5. The van der Waals surface area contributed by atoms with Gasteiger partial charge in [0.05, 0.1) is 12.1 Å². The number of nitrogens with one attached hydrogen (secondary N) is 2. The topological polar surface area (TPSA) is 209 Å². The highest BCUT2D eigenvalue weighted by Gasteiger charge is 2.33. The van der Waals surface area contributed by atoms with Gasteiger partial charge in [0.1, 0.15) is 6.61 Å². The molecule has 8 N–H and O–H groups in total. The van der Waals surface area contributed by atoms with Gasteiger partial charge < -0.3 is 32.6 Å². The van der Waals surface area contributed by atoms with Crippen LogP contribution in [0, 0.1) is 23.7 Å². The average molecular weight is 665 g/mol. The number of nitrogens with zero attached hydrogens (tertiary/aromatic N) is 1. The maximum absolute atomic E-state index is 13.7. The first kappa shape index (κ1) is 39.4. The van der Waals surface area contributed by atoms with E-state index in [1.807, 2.05) is 74.5 Å². The Hall–Kier alpha value is -4.74. The van der Waals surface area contributed by atoms with Crippen LogP contribution in [-0.2, 0) is 36.9 Å². The minimum Gasteiger partial charge on any atom is -0.445 e. The second-order valence-corrected chi connectivity index (χ2v) is 12.9. The number of benzene rings is 2. The Bertz CT molecular complexity index is 1360. The molecule has 4 unspecified atom stereocenters. The number of nitrogens with two attached hydrogens (primary N) is 3. The number of alkyl carbamates (subject to hydrolysis) is 1. The molecule has 0 radical (unpaired) electrons. The fraction of sp³-hybridized carbons (Fsp3) is 0.500. The molecule has 0 bridgehead atoms. The lowest BCUT2D eigenvalue weighted by molar-refractivity contribution is -0.135. The number of rotatable bonds is 21. The molecule has 0 saturated heterocycles. The molecule has 12 heteroatoms. The van der Waals surface area contributed by atoms with Gasteiger partial charge in [0.25, 0.3) is 0 Å². The van der Waals surface area contributed by atoms with Gasteiger partial charge in [-0.15, -0.1) is 0 Å². The van der Waals surface area contributed by atoms with Gasteiger partial charge in [0, 0.05) is 31.2 Å². The van der Waals surface area contributed by atoms with Gasteiger partial charge >= 0.3 is 6.09 Å². The lowest BCUT2D eigenvalue weighted by Gasteiger charge is -2.27. The molecule has 2 aromatic rings. The van der Waals surface area contributed by atoms with Crippen molar-refractivity contribution in [1.82, 2.24) is 10.6 Å². The summed E-state index contributed by atoms with van der Waals surface area (Å²) in [6, 6.07) is 16.6. The van der Waals surface area contributed by atoms with Crippen LogP contribution in [0.3, 0.4) is 0 Å². The minimum absolute atomic E-state index is 0.0204. The van der Waals surface area contributed by atoms with Crippen molar-refractivity contribution in [3.05, 3.63) is 71.8 Å². The molecule has 0 saturated carbocycles. The van der Waals surface area contributed by atoms with Crippen LogP contribution >= 0.6 is 0 Å². The summed E-state index contributed by atoms with van der Waals surface area (Å²) in [5.74, 6) is -3.54. The second-order valence-electron chi connectivity index (χ2n) is 12.9. The molecule has 0 aliphatic heterocycles. The van der Waals surface area contributed by atoms with Crippen LogP contribution in [0.5, 0.6) is 0 Å². The highest BCUT2D eigenvalue weighted by atomic mass is 16.5. The molecule has 3 amide bonds. The number of guanidine groups is 1. The molecule has 2 aromatic carbocycles. The van der Waals surface area contributed by atoms with Crippen LogP contribution in [0.4, 0.5) is 4.79 Å². The Labute approximate surface area is 283 Å². The second kappa shape index (κ2) is 20.5. The number of hydrogen-bond acceptors (Lipinski definition) is 7. The van der Waals surface area contributed by atoms with Crippen molar-refractivity contribution in [2.45, 2.75) is 84.9 Å². The molecule has 4 atom stereocenters. The molecule has 48 heavy (non-hydrogen) atoms. The molecule has 2 rings (SSSR count). The predicted molar refractivity (Wildman–Crippen MR) is 185 cm³/mol. The first-order chi connectivity index (χ1) is 22.8. The number of carbonyl (C=O) groups is 5. The van der Waals surface area contributed by atoms with Crippen LogP contribution < -0.4 is 27.8 Å². The Kier molecular flexibility index (Phi) is 16.8. The zero-order valence-corrected chi connectivity index (χ0v) is 28.5. The predicted octanol–water partition coefficient (Wildman–Crippen LogP) is 3.40. The Morgan fingerprint density at radius 3 is 1.90 bits per heavy atom. The Morgan fingerprint density at radius 1 is 0.771 bits per heavy atom. The SMILES string of the molecule is CC(C)CC(CC(=O)C(CCCN=C(N)N)NC(=O)OCc1ccccc1)C(=O)NC(C(=O)CC(Cc1ccccc1)C(N)=O)C(C)C. The van der Waals surface area contributed by atoms with Gasteiger partial charge in [-0.1, -0.05) is 88.4 Å². The summed E-state index contributed by atoms with van der Waals surface area (Å²) < 4.78 is 5.34. The fourth-order valence-corrected chi connectivity index (χ4v) is 5.39. The van der Waals surface area contributed by atoms with E-state index in [1.165, 1.54) is 0 Å². The van der Waals surface area contributed by atoms with Crippen molar-refractivity contribution >= 4 is 35.4 Å². The van der Waals surface area contributed by atoms with Gasteiger partial charge in [-0.25, -0.2) is 4.79 Å². The third-order valence-corrected chi connectivity index (χ3v) is 7.90. The number of aliphatic imine (C=N–C) groups is 1. The van der Waals surface area contributed by atoms with E-state index in [2.05, 4.69) is 15.6 Å². The quantitative estimate of drug-likeness (QED) is 0.0757. The van der Waals surface area contributed by atoms with E-state index in [0.29, 0.717) is 19.3 Å². The van der Waals surface area contributed by atoms with E-state index in [0.717, 1.165) is 11.1 Å². The number of Topliss-reactive ketones (excluding diaryl/α,β-unsaturated/α-hetero) is 2. The molecule has 0 aliphatic rings. The number of primary amides is 1. The van der Waals surface area contributed by atoms with E-state index in [9.17, 15) is 24.0 Å². The van der Waals surface area contributed by atoms with Crippen molar-refractivity contribution < 1.29 is 28.7 Å². The maximum Gasteiger partial charge on any atom is 0.408 e. The largest absolute Gasteiger partial charge is 0.445 e. The molecular formula is C36H52N6O6. The van der Waals surface area contributed by atoms with Crippen molar-refractivity contribution in [3.8, 4) is 0 Å². The summed E-state index contributed by atoms with van der Waals surface area (Å²) in [5, 5.41) is 5.52. The smallest absolute Gasteiger partial charge is 0.408 e. The minimum atomic E-state index is -0.957. The van der Waals surface area contributed by atoms with Gasteiger partial charge in [-0.2, -0.15) is 0 Å². The van der Waals surface area contributed by atoms with Crippen LogP contribution in [-0.4, -0.2) is 54.1 Å². The van der Waals surface area contributed by atoms with Crippen molar-refractivity contribution in [3.63, 3.8) is 0 Å². The maximum atomic E-state index is 13.7.